The molecule has 2 heteroatoms. The summed E-state index contributed by atoms with van der Waals surface area (Å²) in [5, 5.41) is 10.4. The van der Waals surface area contributed by atoms with Crippen LogP contribution in [0.25, 0.3) is 0 Å². The number of aliphatic hydroxyl groups is 1. The van der Waals surface area contributed by atoms with Gasteiger partial charge in [-0.25, -0.2) is 0 Å². The van der Waals surface area contributed by atoms with Gasteiger partial charge < -0.3 is 5.11 Å². The molecule has 1 N–H and O–H groups in total. The van der Waals surface area contributed by atoms with Gasteiger partial charge in [0.1, 0.15) is 6.10 Å². The van der Waals surface area contributed by atoms with Gasteiger partial charge in [0, 0.05) is 12.6 Å². The number of nitrogens with zero attached hydrogens (tertiary/aromatic N) is 1. The van der Waals surface area contributed by atoms with Gasteiger partial charge in [-0.05, 0) is 37.5 Å². The maximum absolute atomic E-state index is 10.4. The van der Waals surface area contributed by atoms with Gasteiger partial charge in [-0.2, -0.15) is 0 Å². The molecule has 0 aliphatic heterocycles. The molecule has 0 spiro atoms. The third-order valence-electron chi connectivity index (χ3n) is 3.33. The average Bonchev–Trinajstić information content (AvgIpc) is 2.37. The fourth-order valence-corrected chi connectivity index (χ4v) is 2.56. The molecule has 0 aliphatic rings. The lowest BCUT2D eigenvalue weighted by Gasteiger charge is -2.14. The minimum absolute atomic E-state index is 0.530. The number of aliphatic hydroxyl groups excluding tert-OH is 1. The molecule has 100 valence electrons. The molecule has 0 amide bonds. The van der Waals surface area contributed by atoms with Crippen LogP contribution in [0.15, 0.2) is 36.5 Å². The molecule has 0 radical (unpaired) electrons. The normalized spacial score (nSPS) is 12.4. The second-order valence-corrected chi connectivity index (χ2v) is 5.12. The lowest BCUT2D eigenvalue weighted by molar-refractivity contribution is 0.172. The second kappa shape index (κ2) is 5.98. The van der Waals surface area contributed by atoms with E-state index in [2.05, 4.69) is 44.0 Å². The van der Waals surface area contributed by atoms with Gasteiger partial charge in [0.05, 0.1) is 5.69 Å². The van der Waals surface area contributed by atoms with Gasteiger partial charge in [-0.1, -0.05) is 42.3 Å². The van der Waals surface area contributed by atoms with Crippen LogP contribution in [0.5, 0.6) is 0 Å². The molecule has 1 unspecified atom stereocenters. The van der Waals surface area contributed by atoms with Crippen LogP contribution in [0.2, 0.25) is 0 Å². The van der Waals surface area contributed by atoms with Crippen LogP contribution in [-0.2, 0) is 12.8 Å². The first-order chi connectivity index (χ1) is 9.10. The van der Waals surface area contributed by atoms with Crippen LogP contribution in [0.4, 0.5) is 0 Å². The van der Waals surface area contributed by atoms with E-state index in [1.807, 2.05) is 12.1 Å². The number of aromatic nitrogens is 1. The minimum Gasteiger partial charge on any atom is -0.386 e. The minimum atomic E-state index is -0.530. The van der Waals surface area contributed by atoms with Gasteiger partial charge in [-0.3, -0.25) is 4.98 Å². The highest BCUT2D eigenvalue weighted by atomic mass is 16.3. The van der Waals surface area contributed by atoms with Gasteiger partial charge in [0.25, 0.3) is 0 Å². The Bertz CT molecular complexity index is 543. The molecule has 1 aromatic carbocycles. The topological polar surface area (TPSA) is 33.1 Å². The third-order valence-corrected chi connectivity index (χ3v) is 3.33. The fourth-order valence-electron chi connectivity index (χ4n) is 2.56. The Balaban J connectivity index is 2.22. The lowest BCUT2D eigenvalue weighted by Crippen LogP contribution is -2.07. The zero-order chi connectivity index (χ0) is 13.8. The van der Waals surface area contributed by atoms with Gasteiger partial charge in [0.15, 0.2) is 0 Å². The molecular formula is C17H21NO. The van der Waals surface area contributed by atoms with Crippen LogP contribution >= 0.6 is 0 Å². The molecule has 19 heavy (non-hydrogen) atoms. The number of rotatable bonds is 4. The SMILES string of the molecule is CCc1cccnc1C(O)Cc1cc(C)cc(C)c1. The fraction of sp³-hybridized carbons (Fsp3) is 0.353. The van der Waals surface area contributed by atoms with Crippen LogP contribution in [0.3, 0.4) is 0 Å². The van der Waals surface area contributed by atoms with E-state index in [1.165, 1.54) is 11.1 Å². The predicted molar refractivity (Wildman–Crippen MR) is 78.2 cm³/mol. The first kappa shape index (κ1) is 13.8. The highest BCUT2D eigenvalue weighted by Gasteiger charge is 2.13. The quantitative estimate of drug-likeness (QED) is 0.906. The summed E-state index contributed by atoms with van der Waals surface area (Å²) >= 11 is 0. The summed E-state index contributed by atoms with van der Waals surface area (Å²) in [6.07, 6.45) is 2.73. The van der Waals surface area contributed by atoms with Crippen LogP contribution in [-0.4, -0.2) is 10.1 Å². The molecule has 1 heterocycles. The molecule has 0 bridgehead atoms. The number of hydrogen-bond acceptors (Lipinski definition) is 2. The summed E-state index contributed by atoms with van der Waals surface area (Å²) in [7, 11) is 0. The number of aryl methyl sites for hydroxylation is 3. The Labute approximate surface area is 115 Å². The molecule has 0 aliphatic carbocycles. The van der Waals surface area contributed by atoms with Crippen molar-refractivity contribution in [2.45, 2.75) is 39.7 Å². The van der Waals surface area contributed by atoms with Gasteiger partial charge >= 0.3 is 0 Å². The third kappa shape index (κ3) is 3.42. The number of benzene rings is 1. The second-order valence-electron chi connectivity index (χ2n) is 5.12. The Kier molecular flexibility index (Phi) is 4.33. The lowest BCUT2D eigenvalue weighted by atomic mass is 9.98. The summed E-state index contributed by atoms with van der Waals surface area (Å²) < 4.78 is 0. The average molecular weight is 255 g/mol. The van der Waals surface area contributed by atoms with E-state index in [0.717, 1.165) is 23.2 Å². The first-order valence-corrected chi connectivity index (χ1v) is 6.79. The molecule has 2 aromatic rings. The van der Waals surface area contributed by atoms with E-state index in [9.17, 15) is 5.11 Å². The summed E-state index contributed by atoms with van der Waals surface area (Å²) in [4.78, 5) is 4.34. The predicted octanol–water partition coefficient (Wildman–Crippen LogP) is 3.54. The molecule has 2 nitrogen and oxygen atoms in total. The van der Waals surface area contributed by atoms with E-state index in [4.69, 9.17) is 0 Å². The Morgan fingerprint density at radius 1 is 1.16 bits per heavy atom. The van der Waals surface area contributed by atoms with E-state index < -0.39 is 6.10 Å². The highest BCUT2D eigenvalue weighted by molar-refractivity contribution is 5.30. The van der Waals surface area contributed by atoms with Crippen molar-refractivity contribution in [3.63, 3.8) is 0 Å². The maximum atomic E-state index is 10.4. The highest BCUT2D eigenvalue weighted by Crippen LogP contribution is 2.21. The number of pyridine rings is 1. The van der Waals surface area contributed by atoms with Crippen molar-refractivity contribution >= 4 is 0 Å². The molecule has 0 saturated heterocycles. The van der Waals surface area contributed by atoms with Crippen molar-refractivity contribution in [2.24, 2.45) is 0 Å². The maximum Gasteiger partial charge on any atom is 0.100 e. The van der Waals surface area contributed by atoms with E-state index >= 15 is 0 Å². The van der Waals surface area contributed by atoms with Crippen molar-refractivity contribution < 1.29 is 5.11 Å². The number of hydrogen-bond donors (Lipinski definition) is 1. The smallest absolute Gasteiger partial charge is 0.100 e. The Hall–Kier alpha value is -1.67. The zero-order valence-corrected chi connectivity index (χ0v) is 11.9. The monoisotopic (exact) mass is 255 g/mol. The molecule has 2 rings (SSSR count). The van der Waals surface area contributed by atoms with Gasteiger partial charge in [-0.15, -0.1) is 0 Å². The van der Waals surface area contributed by atoms with E-state index in [-0.39, 0.29) is 0 Å². The molecule has 1 aromatic heterocycles. The summed E-state index contributed by atoms with van der Waals surface area (Å²) in [5.41, 5.74) is 5.57. The van der Waals surface area contributed by atoms with Crippen molar-refractivity contribution in [1.82, 2.24) is 4.98 Å². The van der Waals surface area contributed by atoms with Crippen molar-refractivity contribution in [2.75, 3.05) is 0 Å². The zero-order valence-electron chi connectivity index (χ0n) is 11.9. The molecule has 0 fully saturated rings. The van der Waals surface area contributed by atoms with Crippen LogP contribution in [0.1, 0.15) is 41.0 Å². The van der Waals surface area contributed by atoms with E-state index in [0.29, 0.717) is 6.42 Å². The first-order valence-electron chi connectivity index (χ1n) is 6.79. The van der Waals surface area contributed by atoms with Crippen molar-refractivity contribution in [3.05, 3.63) is 64.5 Å². The Morgan fingerprint density at radius 2 is 1.84 bits per heavy atom. The molecule has 1 atom stereocenters. The van der Waals surface area contributed by atoms with Crippen molar-refractivity contribution in [1.29, 1.82) is 0 Å². The van der Waals surface area contributed by atoms with Crippen molar-refractivity contribution in [3.8, 4) is 0 Å². The van der Waals surface area contributed by atoms with Gasteiger partial charge in [0.2, 0.25) is 0 Å². The summed E-state index contributed by atoms with van der Waals surface area (Å²) in [6.45, 7) is 6.26. The molecule has 0 saturated carbocycles. The Morgan fingerprint density at radius 3 is 2.47 bits per heavy atom. The van der Waals surface area contributed by atoms with E-state index in [1.54, 1.807) is 6.20 Å². The standard InChI is InChI=1S/C17H21NO/c1-4-15-6-5-7-18-17(15)16(19)11-14-9-12(2)8-13(3)10-14/h5-10,16,19H,4,11H2,1-3H3. The largest absolute Gasteiger partial charge is 0.386 e. The molecular weight excluding hydrogens is 234 g/mol. The summed E-state index contributed by atoms with van der Waals surface area (Å²) in [6, 6.07) is 10.4. The van der Waals surface area contributed by atoms with Crippen LogP contribution in [0, 0.1) is 13.8 Å². The van der Waals surface area contributed by atoms with Crippen LogP contribution < -0.4 is 0 Å². The summed E-state index contributed by atoms with van der Waals surface area (Å²) in [5.74, 6) is 0.